The summed E-state index contributed by atoms with van der Waals surface area (Å²) in [5, 5.41) is 162. The number of allylic oxidation sites excluding steroid dienone is 2. The predicted molar refractivity (Wildman–Crippen MR) is 288 cm³/mol. The minimum Gasteiger partial charge on any atom is -0.432 e. The standard InChI is InChI=1S/C59H96O26/c1-24-34(63)39(68)44(73)49(78-24)83-46-36(65)28(62)21-76-51(46)82-33-12-13-55(5)31(56(33,6)23-61)11-14-58(8)32(55)10-9-26-27-19-54(3,4)15-17-59(27,18-16-57(26,58)7)53(75)85-52-47(84-50-45(74)40(69)35(64)25(2)79-50)42(71)38(67)30(81-52)22-77-48-43(72)41(70)37(66)29(20-60)80-48/h9,24-25,27-52,60-74H,10-23H2,1-8H3/t24-,25-,27+,28-,29+,30+,31+,32+,33-,34-,35-,36-,37+,38+,39+,40+,41-,42-,43+,44+,45+,46+,47+,48+,49-,50-,51-,52-,55-,56-,57+,58+,59-/m0/s1. The van der Waals surface area contributed by atoms with Crippen LogP contribution < -0.4 is 0 Å². The summed E-state index contributed by atoms with van der Waals surface area (Å²) in [4.78, 5) is 15.7. The quantitative estimate of drug-likeness (QED) is 0.0513. The number of hydrogen-bond acceptors (Lipinski definition) is 26. The molecule has 26 heteroatoms. The van der Waals surface area contributed by atoms with E-state index in [1.807, 2.05) is 6.92 Å². The lowest BCUT2D eigenvalue weighted by molar-refractivity contribution is -0.366. The normalized spacial score (nSPS) is 55.3. The van der Waals surface area contributed by atoms with Gasteiger partial charge in [0.05, 0.1) is 50.2 Å². The summed E-state index contributed by atoms with van der Waals surface area (Å²) in [6.07, 6.45) is -30.5. The number of hydrogen-bond donors (Lipinski definition) is 15. The van der Waals surface area contributed by atoms with Crippen LogP contribution in [-0.4, -0.2) is 263 Å². The van der Waals surface area contributed by atoms with Gasteiger partial charge in [0.2, 0.25) is 6.29 Å². The van der Waals surface area contributed by atoms with Crippen molar-refractivity contribution in [2.45, 2.75) is 273 Å². The van der Waals surface area contributed by atoms with Gasteiger partial charge in [0.15, 0.2) is 31.3 Å². The van der Waals surface area contributed by atoms with Crippen molar-refractivity contribution in [3.05, 3.63) is 11.6 Å². The fourth-order valence-corrected chi connectivity index (χ4v) is 17.5. The van der Waals surface area contributed by atoms with Crippen molar-refractivity contribution in [3.63, 3.8) is 0 Å². The highest BCUT2D eigenvalue weighted by Gasteiger charge is 2.71. The summed E-state index contributed by atoms with van der Waals surface area (Å²) in [6, 6.07) is 0. The molecule has 488 valence electrons. The second kappa shape index (κ2) is 24.4. The number of carbonyl (C=O) groups is 1. The summed E-state index contributed by atoms with van der Waals surface area (Å²) in [5.41, 5.74) is -2.22. The van der Waals surface area contributed by atoms with E-state index in [2.05, 4.69) is 40.7 Å². The minimum atomic E-state index is -1.96. The van der Waals surface area contributed by atoms with E-state index in [4.69, 9.17) is 47.4 Å². The molecule has 5 aliphatic heterocycles. The van der Waals surface area contributed by atoms with E-state index in [9.17, 15) is 76.6 Å². The third kappa shape index (κ3) is 11.1. The molecule has 0 amide bonds. The molecule has 85 heavy (non-hydrogen) atoms. The van der Waals surface area contributed by atoms with E-state index >= 15 is 4.79 Å². The Labute approximate surface area is 494 Å². The lowest BCUT2D eigenvalue weighted by Crippen LogP contribution is -2.67. The number of rotatable bonds is 13. The third-order valence-corrected chi connectivity index (χ3v) is 23.2. The van der Waals surface area contributed by atoms with Crippen molar-refractivity contribution in [2.75, 3.05) is 26.4 Å². The average molecular weight is 1220 g/mol. The van der Waals surface area contributed by atoms with Crippen LogP contribution in [0.4, 0.5) is 0 Å². The van der Waals surface area contributed by atoms with Crippen molar-refractivity contribution >= 4 is 5.97 Å². The zero-order valence-corrected chi connectivity index (χ0v) is 49.8. The van der Waals surface area contributed by atoms with Crippen molar-refractivity contribution in [3.8, 4) is 0 Å². The number of esters is 1. The van der Waals surface area contributed by atoms with Crippen LogP contribution in [0.15, 0.2) is 11.6 Å². The van der Waals surface area contributed by atoms with Gasteiger partial charge in [0.25, 0.3) is 0 Å². The molecule has 0 unspecified atom stereocenters. The van der Waals surface area contributed by atoms with Gasteiger partial charge in [-0.15, -0.1) is 0 Å². The zero-order chi connectivity index (χ0) is 62.0. The molecule has 0 aromatic carbocycles. The van der Waals surface area contributed by atoms with Gasteiger partial charge in [-0.3, -0.25) is 4.79 Å². The Morgan fingerprint density at radius 2 is 1.13 bits per heavy atom. The molecule has 15 N–H and O–H groups in total. The number of aliphatic hydroxyl groups is 15. The maximum atomic E-state index is 15.7. The fraction of sp³-hybridized carbons (Fsp3) is 0.949. The van der Waals surface area contributed by atoms with Gasteiger partial charge in [-0.1, -0.05) is 53.2 Å². The monoisotopic (exact) mass is 1220 g/mol. The van der Waals surface area contributed by atoms with E-state index in [-0.39, 0.29) is 47.2 Å². The molecule has 0 spiro atoms. The van der Waals surface area contributed by atoms with Crippen LogP contribution >= 0.6 is 0 Å². The number of aliphatic hydroxyl groups excluding tert-OH is 15. The largest absolute Gasteiger partial charge is 0.432 e. The second-order valence-corrected chi connectivity index (χ2v) is 28.5. The molecule has 10 rings (SSSR count). The highest BCUT2D eigenvalue weighted by molar-refractivity contribution is 5.79. The molecule has 10 aliphatic rings. The van der Waals surface area contributed by atoms with Crippen LogP contribution in [0, 0.1) is 50.2 Å². The van der Waals surface area contributed by atoms with Crippen LogP contribution in [0.25, 0.3) is 0 Å². The van der Waals surface area contributed by atoms with Gasteiger partial charge >= 0.3 is 5.97 Å². The average Bonchev–Trinajstić information content (AvgIpc) is 0.689. The number of fused-ring (bicyclic) bond motifs is 7. The van der Waals surface area contributed by atoms with Crippen LogP contribution in [0.1, 0.15) is 120 Å². The molecular formula is C59H96O26. The Morgan fingerprint density at radius 1 is 0.565 bits per heavy atom. The minimum absolute atomic E-state index is 0.0891. The topological polar surface area (TPSA) is 413 Å². The maximum Gasteiger partial charge on any atom is 0.315 e. The first-order valence-electron chi connectivity index (χ1n) is 30.6. The first kappa shape index (κ1) is 66.2. The van der Waals surface area contributed by atoms with Gasteiger partial charge in [0.1, 0.15) is 97.7 Å². The molecule has 5 aliphatic carbocycles. The second-order valence-electron chi connectivity index (χ2n) is 28.5. The van der Waals surface area contributed by atoms with E-state index < -0.39 is 189 Å². The summed E-state index contributed by atoms with van der Waals surface area (Å²) in [5.74, 6) is -1.01. The lowest BCUT2D eigenvalue weighted by atomic mass is 9.33. The molecule has 0 aromatic heterocycles. The maximum absolute atomic E-state index is 15.7. The smallest absolute Gasteiger partial charge is 0.315 e. The Morgan fingerprint density at radius 3 is 1.74 bits per heavy atom. The molecule has 5 saturated heterocycles. The molecule has 9 fully saturated rings. The van der Waals surface area contributed by atoms with E-state index in [1.54, 1.807) is 0 Å². The van der Waals surface area contributed by atoms with Gasteiger partial charge < -0.3 is 124 Å². The van der Waals surface area contributed by atoms with Crippen molar-refractivity contribution < 1.29 is 129 Å². The van der Waals surface area contributed by atoms with Crippen molar-refractivity contribution in [2.24, 2.45) is 50.2 Å². The number of ether oxygens (including phenoxy) is 10. The van der Waals surface area contributed by atoms with Crippen molar-refractivity contribution in [1.82, 2.24) is 0 Å². The van der Waals surface area contributed by atoms with E-state index in [1.165, 1.54) is 13.8 Å². The summed E-state index contributed by atoms with van der Waals surface area (Å²) in [6.45, 7) is 14.3. The zero-order valence-electron chi connectivity index (χ0n) is 49.8. The highest BCUT2D eigenvalue weighted by atomic mass is 16.8. The highest BCUT2D eigenvalue weighted by Crippen LogP contribution is 2.76. The third-order valence-electron chi connectivity index (χ3n) is 23.2. The lowest BCUT2D eigenvalue weighted by Gasteiger charge is -2.71. The van der Waals surface area contributed by atoms with Crippen molar-refractivity contribution in [1.29, 1.82) is 0 Å². The SMILES string of the molecule is C[C@@H]1O[C@@H](O[C@H]2[C@H](O[C@H]3CC[C@@]4(C)[C@@H](CC[C@]5(C)[C@@H]4CC=C4[C@H]6CC(C)(C)CC[C@]6(C(=O)O[C@@H]6O[C@H](CO[C@@H]7O[C@H](CO)[C@@H](O)[C@H](O)[C@H]7O)[C@@H](O)[C@H](O)[C@H]6O[C@@H]6O[C@@H](C)[C@H](O)[C@@H](O)[C@H]6O)CC[C@]45C)[C@]3(C)CO)OC[C@H](O)[C@@H]2O)[C@H](O)[C@H](O)[C@H]1O. The molecule has 0 radical (unpaired) electrons. The molecule has 0 aromatic rings. The Kier molecular flexibility index (Phi) is 19.0. The van der Waals surface area contributed by atoms with Gasteiger partial charge in [-0.2, -0.15) is 0 Å². The Bertz CT molecular complexity index is 2370. The number of carbonyl (C=O) groups excluding carboxylic acids is 1. The van der Waals surface area contributed by atoms with E-state index in [0.29, 0.717) is 57.8 Å². The summed E-state index contributed by atoms with van der Waals surface area (Å²) < 4.78 is 60.4. The fourth-order valence-electron chi connectivity index (χ4n) is 17.5. The molecule has 0 bridgehead atoms. The van der Waals surface area contributed by atoms with Gasteiger partial charge in [-0.05, 0) is 117 Å². The molecule has 5 heterocycles. The van der Waals surface area contributed by atoms with Crippen LogP contribution in [0.2, 0.25) is 0 Å². The van der Waals surface area contributed by atoms with E-state index in [0.717, 1.165) is 12.0 Å². The predicted octanol–water partition coefficient (Wildman–Crippen LogP) is -2.54. The van der Waals surface area contributed by atoms with Gasteiger partial charge in [0, 0.05) is 5.41 Å². The first-order chi connectivity index (χ1) is 39.8. The summed E-state index contributed by atoms with van der Waals surface area (Å²) in [7, 11) is 0. The molecule has 26 nitrogen and oxygen atoms in total. The van der Waals surface area contributed by atoms with Crippen LogP contribution in [-0.2, 0) is 52.2 Å². The summed E-state index contributed by atoms with van der Waals surface area (Å²) >= 11 is 0. The molecular weight excluding hydrogens is 1120 g/mol. The Balaban J connectivity index is 0.908. The van der Waals surface area contributed by atoms with Crippen LogP contribution in [0.3, 0.4) is 0 Å². The Hall–Kier alpha value is -1.75. The molecule has 33 atom stereocenters. The van der Waals surface area contributed by atoms with Gasteiger partial charge in [-0.25, -0.2) is 0 Å². The molecule has 4 saturated carbocycles. The first-order valence-corrected chi connectivity index (χ1v) is 30.6. The van der Waals surface area contributed by atoms with Crippen LogP contribution in [0.5, 0.6) is 0 Å².